The van der Waals surface area contributed by atoms with Crippen LogP contribution in [0.25, 0.3) is 0 Å². The summed E-state index contributed by atoms with van der Waals surface area (Å²) in [6.07, 6.45) is 0. The van der Waals surface area contributed by atoms with E-state index < -0.39 is 5.97 Å². The number of anilines is 1. The van der Waals surface area contributed by atoms with Crippen LogP contribution in [0.3, 0.4) is 0 Å². The molecule has 0 atom stereocenters. The van der Waals surface area contributed by atoms with Crippen LogP contribution in [-0.2, 0) is 4.79 Å². The second kappa shape index (κ2) is 10.0. The van der Waals surface area contributed by atoms with Gasteiger partial charge in [-0.25, -0.2) is 4.79 Å². The average Bonchev–Trinajstić information content (AvgIpc) is 2.75. The molecule has 0 saturated carbocycles. The Morgan fingerprint density at radius 1 is 0.867 bits per heavy atom. The largest absolute Gasteiger partial charge is 0.497 e. The third kappa shape index (κ3) is 5.89. The van der Waals surface area contributed by atoms with E-state index in [0.29, 0.717) is 32.8 Å². The summed E-state index contributed by atoms with van der Waals surface area (Å²) >= 11 is 12.0. The summed E-state index contributed by atoms with van der Waals surface area (Å²) in [5.41, 5.74) is 0.765. The van der Waals surface area contributed by atoms with Crippen molar-refractivity contribution in [2.24, 2.45) is 0 Å². The molecular formula is C22H17Cl2NO5. The normalized spacial score (nSPS) is 10.2. The van der Waals surface area contributed by atoms with Crippen molar-refractivity contribution in [2.75, 3.05) is 19.0 Å². The van der Waals surface area contributed by atoms with Gasteiger partial charge in [0.05, 0.1) is 17.8 Å². The van der Waals surface area contributed by atoms with E-state index in [0.717, 1.165) is 0 Å². The van der Waals surface area contributed by atoms with Crippen LogP contribution < -0.4 is 19.5 Å². The molecule has 0 bridgehead atoms. The number of carbonyl (C=O) groups is 2. The van der Waals surface area contributed by atoms with E-state index in [1.54, 1.807) is 49.6 Å². The number of esters is 1. The van der Waals surface area contributed by atoms with Crippen molar-refractivity contribution in [1.82, 2.24) is 0 Å². The summed E-state index contributed by atoms with van der Waals surface area (Å²) in [6.45, 7) is -0.262. The lowest BCUT2D eigenvalue weighted by molar-refractivity contribution is -0.136. The molecular weight excluding hydrogens is 429 g/mol. The van der Waals surface area contributed by atoms with Crippen LogP contribution >= 0.6 is 23.2 Å². The maximum Gasteiger partial charge on any atom is 0.349 e. The highest BCUT2D eigenvalue weighted by Gasteiger charge is 2.11. The van der Waals surface area contributed by atoms with Crippen LogP contribution in [0.5, 0.6) is 17.2 Å². The van der Waals surface area contributed by atoms with E-state index in [4.69, 9.17) is 37.4 Å². The molecule has 3 aromatic carbocycles. The summed E-state index contributed by atoms with van der Waals surface area (Å²) in [7, 11) is 1.56. The molecule has 0 radical (unpaired) electrons. The number of benzene rings is 3. The Bertz CT molecular complexity index is 1040. The summed E-state index contributed by atoms with van der Waals surface area (Å²) < 4.78 is 15.6. The van der Waals surface area contributed by atoms with E-state index in [2.05, 4.69) is 5.32 Å². The SMILES string of the molecule is COc1ccc(OCC(=O)Oc2ccc(C(=O)Nc3cc(Cl)ccc3Cl)cc2)cc1. The van der Waals surface area contributed by atoms with Crippen LogP contribution in [0.2, 0.25) is 10.0 Å². The van der Waals surface area contributed by atoms with Gasteiger partial charge in [0.1, 0.15) is 17.2 Å². The molecule has 0 aliphatic carbocycles. The zero-order chi connectivity index (χ0) is 21.5. The van der Waals surface area contributed by atoms with Crippen LogP contribution in [0, 0.1) is 0 Å². The van der Waals surface area contributed by atoms with E-state index >= 15 is 0 Å². The lowest BCUT2D eigenvalue weighted by Crippen LogP contribution is -2.18. The third-order valence-electron chi connectivity index (χ3n) is 3.94. The minimum absolute atomic E-state index is 0.262. The number of methoxy groups -OCH3 is 1. The summed E-state index contributed by atoms with van der Waals surface area (Å²) in [6, 6.07) is 17.7. The topological polar surface area (TPSA) is 73.9 Å². The van der Waals surface area contributed by atoms with Crippen molar-refractivity contribution in [1.29, 1.82) is 0 Å². The number of halogens is 2. The first-order valence-electron chi connectivity index (χ1n) is 8.78. The zero-order valence-corrected chi connectivity index (χ0v) is 17.4. The first-order chi connectivity index (χ1) is 14.4. The number of carbonyl (C=O) groups excluding carboxylic acids is 2. The van der Waals surface area contributed by atoms with Crippen molar-refractivity contribution < 1.29 is 23.8 Å². The van der Waals surface area contributed by atoms with Crippen LogP contribution in [0.1, 0.15) is 10.4 Å². The number of rotatable bonds is 7. The highest BCUT2D eigenvalue weighted by Crippen LogP contribution is 2.26. The molecule has 0 aliphatic heterocycles. The fraction of sp³-hybridized carbons (Fsp3) is 0.0909. The quantitative estimate of drug-likeness (QED) is 0.397. The fourth-order valence-corrected chi connectivity index (χ4v) is 2.77. The Hall–Kier alpha value is -3.22. The van der Waals surface area contributed by atoms with Gasteiger partial charge in [0.2, 0.25) is 0 Å². The summed E-state index contributed by atoms with van der Waals surface area (Å²) in [4.78, 5) is 24.3. The molecule has 0 fully saturated rings. The molecule has 6 nitrogen and oxygen atoms in total. The van der Waals surface area contributed by atoms with Gasteiger partial charge < -0.3 is 19.5 Å². The van der Waals surface area contributed by atoms with Crippen molar-refractivity contribution >= 4 is 40.8 Å². The lowest BCUT2D eigenvalue weighted by Gasteiger charge is -2.09. The van der Waals surface area contributed by atoms with Gasteiger partial charge in [-0.05, 0) is 66.7 Å². The number of hydrogen-bond acceptors (Lipinski definition) is 5. The number of ether oxygens (including phenoxy) is 3. The van der Waals surface area contributed by atoms with Crippen LogP contribution in [-0.4, -0.2) is 25.6 Å². The van der Waals surface area contributed by atoms with Gasteiger partial charge in [-0.15, -0.1) is 0 Å². The Morgan fingerprint density at radius 3 is 2.17 bits per heavy atom. The molecule has 0 heterocycles. The summed E-state index contributed by atoms with van der Waals surface area (Å²) in [5.74, 6) is 0.537. The minimum atomic E-state index is -0.575. The molecule has 0 aromatic heterocycles. The molecule has 1 N–H and O–H groups in total. The fourth-order valence-electron chi connectivity index (χ4n) is 2.44. The van der Waals surface area contributed by atoms with E-state index in [1.807, 2.05) is 0 Å². The Kier molecular flexibility index (Phi) is 7.17. The third-order valence-corrected chi connectivity index (χ3v) is 4.51. The second-order valence-electron chi connectivity index (χ2n) is 6.04. The van der Waals surface area contributed by atoms with E-state index in [9.17, 15) is 9.59 Å². The standard InChI is InChI=1S/C22H17Cl2NO5/c1-28-16-7-9-17(10-8-16)29-13-21(26)30-18-5-2-14(3-6-18)22(27)25-20-12-15(23)4-11-19(20)24/h2-12H,13H2,1H3,(H,25,27). The molecule has 30 heavy (non-hydrogen) atoms. The first kappa shape index (κ1) is 21.5. The molecule has 8 heteroatoms. The first-order valence-corrected chi connectivity index (χ1v) is 9.54. The molecule has 0 unspecified atom stereocenters. The van der Waals surface area contributed by atoms with Crippen LogP contribution in [0.4, 0.5) is 5.69 Å². The van der Waals surface area contributed by atoms with E-state index in [-0.39, 0.29) is 18.3 Å². The van der Waals surface area contributed by atoms with Gasteiger partial charge in [-0.2, -0.15) is 0 Å². The predicted octanol–water partition coefficient (Wildman–Crippen LogP) is 5.24. The van der Waals surface area contributed by atoms with Gasteiger partial charge in [-0.1, -0.05) is 23.2 Å². The van der Waals surface area contributed by atoms with Crippen molar-refractivity contribution in [2.45, 2.75) is 0 Å². The lowest BCUT2D eigenvalue weighted by atomic mass is 10.2. The van der Waals surface area contributed by atoms with Gasteiger partial charge >= 0.3 is 5.97 Å². The van der Waals surface area contributed by atoms with Gasteiger partial charge in [0.25, 0.3) is 5.91 Å². The monoisotopic (exact) mass is 445 g/mol. The minimum Gasteiger partial charge on any atom is -0.497 e. The Morgan fingerprint density at radius 2 is 1.50 bits per heavy atom. The molecule has 3 aromatic rings. The maximum atomic E-state index is 12.4. The number of nitrogens with one attached hydrogen (secondary N) is 1. The molecule has 3 rings (SSSR count). The predicted molar refractivity (Wildman–Crippen MR) is 115 cm³/mol. The molecule has 154 valence electrons. The van der Waals surface area contributed by atoms with Crippen molar-refractivity contribution in [3.63, 3.8) is 0 Å². The van der Waals surface area contributed by atoms with Gasteiger partial charge in [-0.3, -0.25) is 4.79 Å². The highest BCUT2D eigenvalue weighted by molar-refractivity contribution is 6.35. The molecule has 1 amide bonds. The van der Waals surface area contributed by atoms with Crippen LogP contribution in [0.15, 0.2) is 66.7 Å². The Balaban J connectivity index is 1.53. The molecule has 0 spiro atoms. The summed E-state index contributed by atoms with van der Waals surface area (Å²) in [5, 5.41) is 3.51. The zero-order valence-electron chi connectivity index (χ0n) is 15.9. The van der Waals surface area contributed by atoms with Gasteiger partial charge in [0, 0.05) is 10.6 Å². The number of hydrogen-bond donors (Lipinski definition) is 1. The molecule has 0 saturated heterocycles. The molecule has 0 aliphatic rings. The average molecular weight is 446 g/mol. The second-order valence-corrected chi connectivity index (χ2v) is 6.88. The highest BCUT2D eigenvalue weighted by atomic mass is 35.5. The smallest absolute Gasteiger partial charge is 0.349 e. The Labute approximate surface area is 183 Å². The van der Waals surface area contributed by atoms with E-state index in [1.165, 1.54) is 24.3 Å². The van der Waals surface area contributed by atoms with Crippen molar-refractivity contribution in [3.05, 3.63) is 82.3 Å². The number of amides is 1. The van der Waals surface area contributed by atoms with Gasteiger partial charge in [0.15, 0.2) is 6.61 Å². The maximum absolute atomic E-state index is 12.4. The van der Waals surface area contributed by atoms with Crippen molar-refractivity contribution in [3.8, 4) is 17.2 Å².